The van der Waals surface area contributed by atoms with E-state index < -0.39 is 0 Å². The summed E-state index contributed by atoms with van der Waals surface area (Å²) >= 11 is 0. The van der Waals surface area contributed by atoms with Gasteiger partial charge in [0.25, 0.3) is 0 Å². The number of rotatable bonds is 3. The van der Waals surface area contributed by atoms with Gasteiger partial charge in [-0.3, -0.25) is 0 Å². The predicted molar refractivity (Wildman–Crippen MR) is 70.3 cm³/mol. The van der Waals surface area contributed by atoms with Crippen molar-refractivity contribution in [3.63, 3.8) is 0 Å². The smallest absolute Gasteiger partial charge is 0.245 e. The molecule has 1 aliphatic heterocycles. The Morgan fingerprint density at radius 3 is 2.50 bits per heavy atom. The van der Waals surface area contributed by atoms with E-state index in [-0.39, 0.29) is 0 Å². The minimum atomic E-state index is 0.464. The molecule has 1 saturated carbocycles. The molecule has 1 aromatic heterocycles. The fourth-order valence-electron chi connectivity index (χ4n) is 2.02. The van der Waals surface area contributed by atoms with Crippen molar-refractivity contribution in [2.45, 2.75) is 32.6 Å². The van der Waals surface area contributed by atoms with E-state index in [1.54, 1.807) is 0 Å². The fraction of sp³-hybridized carbons (Fsp3) is 0.538. The molecular formula is C13H19N5. The minimum absolute atomic E-state index is 0.464. The second-order valence-corrected chi connectivity index (χ2v) is 5.31. The van der Waals surface area contributed by atoms with Crippen LogP contribution in [0.1, 0.15) is 38.2 Å². The summed E-state index contributed by atoms with van der Waals surface area (Å²) in [5.41, 5.74) is 5.78. The molecule has 2 heterocycles. The summed E-state index contributed by atoms with van der Waals surface area (Å²) in [6.45, 7) is 4.29. The summed E-state index contributed by atoms with van der Waals surface area (Å²) in [6.07, 6.45) is 8.48. The van der Waals surface area contributed by atoms with Crippen LogP contribution in [-0.2, 0) is 0 Å². The number of hydrogen-bond donors (Lipinski definition) is 1. The lowest BCUT2D eigenvalue weighted by Gasteiger charge is -2.22. The van der Waals surface area contributed by atoms with Gasteiger partial charge in [0.1, 0.15) is 0 Å². The molecule has 1 N–H and O–H groups in total. The molecule has 1 aliphatic carbocycles. The zero-order valence-electron chi connectivity index (χ0n) is 11.1. The van der Waals surface area contributed by atoms with E-state index in [2.05, 4.69) is 35.4 Å². The van der Waals surface area contributed by atoms with Crippen LogP contribution in [-0.4, -0.2) is 22.1 Å². The molecule has 18 heavy (non-hydrogen) atoms. The molecule has 1 aromatic rings. The van der Waals surface area contributed by atoms with Crippen LogP contribution in [0.2, 0.25) is 0 Å². The maximum Gasteiger partial charge on any atom is 0.245 e. The van der Waals surface area contributed by atoms with E-state index >= 15 is 0 Å². The molecule has 5 nitrogen and oxygen atoms in total. The van der Waals surface area contributed by atoms with Crippen LogP contribution >= 0.6 is 0 Å². The first-order valence-corrected chi connectivity index (χ1v) is 6.48. The van der Waals surface area contributed by atoms with Crippen molar-refractivity contribution in [2.24, 2.45) is 5.92 Å². The average Bonchev–Trinajstić information content (AvgIpc) is 3.13. The van der Waals surface area contributed by atoms with Crippen molar-refractivity contribution in [2.75, 3.05) is 12.1 Å². The van der Waals surface area contributed by atoms with Gasteiger partial charge in [0.2, 0.25) is 5.95 Å². The number of hydrazine groups is 2. The quantitative estimate of drug-likeness (QED) is 0.882. The maximum atomic E-state index is 4.44. The second kappa shape index (κ2) is 4.24. The van der Waals surface area contributed by atoms with E-state index in [4.69, 9.17) is 0 Å². The Morgan fingerprint density at radius 1 is 1.28 bits per heavy atom. The largest absolute Gasteiger partial charge is 0.303 e. The molecule has 0 aromatic carbocycles. The Kier molecular flexibility index (Phi) is 2.70. The van der Waals surface area contributed by atoms with Crippen molar-refractivity contribution >= 4 is 5.95 Å². The number of aromatic nitrogens is 2. The Labute approximate surface area is 107 Å². The molecule has 96 valence electrons. The lowest BCUT2D eigenvalue weighted by atomic mass is 10.1. The molecule has 5 heteroatoms. The van der Waals surface area contributed by atoms with Gasteiger partial charge < -0.3 is 5.43 Å². The zero-order valence-corrected chi connectivity index (χ0v) is 11.1. The van der Waals surface area contributed by atoms with Crippen molar-refractivity contribution in [1.29, 1.82) is 0 Å². The summed E-state index contributed by atoms with van der Waals surface area (Å²) in [6, 6.07) is 0. The number of anilines is 1. The number of nitrogens with one attached hydrogen (secondary N) is 1. The summed E-state index contributed by atoms with van der Waals surface area (Å²) < 4.78 is 0. The average molecular weight is 245 g/mol. The topological polar surface area (TPSA) is 44.3 Å². The van der Waals surface area contributed by atoms with Gasteiger partial charge in [-0.25, -0.2) is 15.0 Å². The maximum absolute atomic E-state index is 4.44. The SMILES string of the molecule is CC(C)c1cnc(N2C=C(C3CC3)NN2C)nc1. The summed E-state index contributed by atoms with van der Waals surface area (Å²) in [5, 5.41) is 3.88. The molecule has 3 rings (SSSR count). The molecule has 0 atom stereocenters. The Balaban J connectivity index is 1.81. The van der Waals surface area contributed by atoms with Crippen molar-refractivity contribution in [3.8, 4) is 0 Å². The Hall–Kier alpha value is -1.62. The Bertz CT molecular complexity index is 461. The minimum Gasteiger partial charge on any atom is -0.303 e. The molecule has 0 unspecified atom stereocenters. The van der Waals surface area contributed by atoms with E-state index in [0.717, 1.165) is 0 Å². The van der Waals surface area contributed by atoms with E-state index in [1.807, 2.05) is 29.6 Å². The molecule has 0 spiro atoms. The first-order valence-electron chi connectivity index (χ1n) is 6.48. The van der Waals surface area contributed by atoms with Crippen LogP contribution in [0.3, 0.4) is 0 Å². The molecule has 0 radical (unpaired) electrons. The van der Waals surface area contributed by atoms with Gasteiger partial charge >= 0.3 is 0 Å². The van der Waals surface area contributed by atoms with Gasteiger partial charge in [-0.2, -0.15) is 0 Å². The highest BCUT2D eigenvalue weighted by molar-refractivity contribution is 5.37. The van der Waals surface area contributed by atoms with E-state index in [9.17, 15) is 0 Å². The summed E-state index contributed by atoms with van der Waals surface area (Å²) in [5.74, 6) is 1.88. The predicted octanol–water partition coefficient (Wildman–Crippen LogP) is 2.02. The molecule has 2 aliphatic rings. The monoisotopic (exact) mass is 245 g/mol. The van der Waals surface area contributed by atoms with Gasteiger partial charge in [0.05, 0.1) is 0 Å². The van der Waals surface area contributed by atoms with Crippen LogP contribution in [0.25, 0.3) is 0 Å². The van der Waals surface area contributed by atoms with Crippen molar-refractivity contribution in [3.05, 3.63) is 29.9 Å². The third-order valence-corrected chi connectivity index (χ3v) is 3.42. The Morgan fingerprint density at radius 2 is 1.94 bits per heavy atom. The van der Waals surface area contributed by atoms with Crippen LogP contribution < -0.4 is 10.4 Å². The highest BCUT2D eigenvalue weighted by Gasteiger charge is 2.32. The molecule has 0 bridgehead atoms. The third-order valence-electron chi connectivity index (χ3n) is 3.42. The van der Waals surface area contributed by atoms with Gasteiger partial charge in [-0.15, -0.1) is 5.12 Å². The van der Waals surface area contributed by atoms with Crippen LogP contribution in [0.15, 0.2) is 24.3 Å². The second-order valence-electron chi connectivity index (χ2n) is 5.31. The van der Waals surface area contributed by atoms with Gasteiger partial charge in [0.15, 0.2) is 0 Å². The fourth-order valence-corrected chi connectivity index (χ4v) is 2.02. The van der Waals surface area contributed by atoms with E-state index in [1.165, 1.54) is 24.1 Å². The van der Waals surface area contributed by atoms with Gasteiger partial charge in [-0.05, 0) is 24.3 Å². The summed E-state index contributed by atoms with van der Waals surface area (Å²) in [4.78, 5) is 8.87. The molecule has 0 saturated heterocycles. The van der Waals surface area contributed by atoms with Gasteiger partial charge in [-0.1, -0.05) is 13.8 Å². The standard InChI is InChI=1S/C13H19N5/c1-9(2)11-6-14-13(15-7-11)18-8-12(10-4-5-10)16-17(18)3/h6-10,16H,4-5H2,1-3H3. The normalized spacial score (nSPS) is 20.2. The lowest BCUT2D eigenvalue weighted by Crippen LogP contribution is -2.39. The van der Waals surface area contributed by atoms with Crippen molar-refractivity contribution < 1.29 is 0 Å². The highest BCUT2D eigenvalue weighted by Crippen LogP contribution is 2.37. The number of allylic oxidation sites excluding steroid dienone is 1. The number of nitrogens with zero attached hydrogens (tertiary/aromatic N) is 4. The first-order chi connectivity index (χ1) is 8.65. The first kappa shape index (κ1) is 11.5. The van der Waals surface area contributed by atoms with Crippen LogP contribution in [0.5, 0.6) is 0 Å². The van der Waals surface area contributed by atoms with Crippen LogP contribution in [0, 0.1) is 5.92 Å². The van der Waals surface area contributed by atoms with Crippen molar-refractivity contribution in [1.82, 2.24) is 20.5 Å². The number of hydrogen-bond acceptors (Lipinski definition) is 5. The molecule has 1 fully saturated rings. The molecular weight excluding hydrogens is 226 g/mol. The summed E-state index contributed by atoms with van der Waals surface area (Å²) in [7, 11) is 1.98. The van der Waals surface area contributed by atoms with Gasteiger partial charge in [0, 0.05) is 37.3 Å². The van der Waals surface area contributed by atoms with Crippen LogP contribution in [0.4, 0.5) is 5.95 Å². The molecule has 0 amide bonds. The lowest BCUT2D eigenvalue weighted by molar-refractivity contribution is 0.285. The third kappa shape index (κ3) is 2.06. The highest BCUT2D eigenvalue weighted by atomic mass is 15.8. The zero-order chi connectivity index (χ0) is 12.7. The van der Waals surface area contributed by atoms with E-state index in [0.29, 0.717) is 17.8 Å².